The van der Waals surface area contributed by atoms with E-state index in [2.05, 4.69) is 20.6 Å². The SMILES string of the molecule is [2H]N(C(=O)c1sccc1S(=O)(=O)N([2H])c1onc(C)c1C([2H])([2H])[2H])c1c(C(C)=O)cc(C([2H])([2H])[2H])cc1C([2H])([2H])[2H].[2H]N(C(=O)c1sccc1S(=O)(=O)N([2H])c1onc(C)c1C([2H])([2H])[2H])c1c(C)cc(C)cc1C(C)=O.[2H]N(C(=O)c1sccc1S(=O)(=O)N([2H])c1onc(C)c1C)c1c(C(C)=O)cc(C([2H])([2H])[2H])cc1C([2H])([2H])[2H].[2H]N(C(=O)c1sccc1S(=O)(=O)N([2H])c1onc(C)c1C)c1c(C)cc(C)cc1C(C)=O. The molecular weight excluding hydrogens is 1710 g/mol. The fraction of sp³-hybridized carbons (Fsp3) is 0.250. The summed E-state index contributed by atoms with van der Waals surface area (Å²) in [7, 11) is -19.1. The number of nitrogens with one attached hydrogen (secondary N) is 8. The number of thiophene rings is 4. The highest BCUT2D eigenvalue weighted by atomic mass is 32.2. The summed E-state index contributed by atoms with van der Waals surface area (Å²) >= 11 is 2.64. The Morgan fingerprint density at radius 2 is 0.542 bits per heavy atom. The number of rotatable bonds is 24. The van der Waals surface area contributed by atoms with Gasteiger partial charge in [0.1, 0.15) is 39.1 Å². The summed E-state index contributed by atoms with van der Waals surface area (Å²) in [5.74, 6) is -9.67. The third-order valence-corrected chi connectivity index (χ3v) is 26.0. The number of carbonyl (C=O) groups is 8. The van der Waals surface area contributed by atoms with Crippen molar-refractivity contribution in [3.05, 3.63) is 226 Å². The number of nitrogens with zero attached hydrogens (tertiary/aromatic N) is 4. The number of anilines is 8. The van der Waals surface area contributed by atoms with E-state index >= 15 is 0 Å². The summed E-state index contributed by atoms with van der Waals surface area (Å²) in [5, 5.41) is 20.1. The molecule has 0 atom stereocenters. The van der Waals surface area contributed by atoms with E-state index in [1.807, 2.05) is 0 Å². The maximum absolute atomic E-state index is 13.5. The minimum atomic E-state index is -5.06. The molecule has 632 valence electrons. The molecule has 0 aliphatic carbocycles. The number of benzene rings is 4. The molecule has 8 N–H and O–H groups in total. The number of aromatic nitrogens is 4. The molecule has 0 saturated heterocycles. The van der Waals surface area contributed by atoms with Gasteiger partial charge < -0.3 is 39.3 Å². The van der Waals surface area contributed by atoms with Gasteiger partial charge in [-0.05, 0) is 253 Å². The molecule has 0 fully saturated rings. The fourth-order valence-electron chi connectivity index (χ4n) is 10.5. The van der Waals surface area contributed by atoms with Crippen LogP contribution in [-0.2, 0) is 40.1 Å². The van der Waals surface area contributed by atoms with Gasteiger partial charge in [-0.2, -0.15) is 0 Å². The standard InChI is InChI=1S/4C20H21N3O5S2/c4*1-10-8-11(2)17(15(9-10)14(5)24)21-19(25)18-16(6-7-29-18)30(26,27)23-20-12(3)13(4)22-28-20/h4*6-9,23H,1-5H3,(H,21,25)/i1D3,2D3,3D3;1D3,2D3;3D3;/hD8. The van der Waals surface area contributed by atoms with Crippen molar-refractivity contribution in [3.8, 4) is 0 Å². The monoisotopic (exact) mass is 1810 g/mol. The maximum atomic E-state index is 13.5. The van der Waals surface area contributed by atoms with E-state index in [0.29, 0.717) is 72.7 Å². The zero-order valence-electron chi connectivity index (χ0n) is 91.0. The lowest BCUT2D eigenvalue weighted by Gasteiger charge is -2.14. The van der Waals surface area contributed by atoms with Crippen LogP contribution in [0.2, 0.25) is 11.3 Å². The molecule has 12 rings (SSSR count). The Morgan fingerprint density at radius 3 is 0.758 bits per heavy atom. The lowest BCUT2D eigenvalue weighted by molar-refractivity contribution is 0.100. The molecule has 8 heterocycles. The van der Waals surface area contributed by atoms with E-state index in [1.54, 1.807) is 59.7 Å². The number of Topliss-reactive ketones (excluding diaryl/α,β-unsaturated/α-hetero) is 4. The first-order valence-electron chi connectivity index (χ1n) is 46.6. The minimum absolute atomic E-state index is 0.00289. The number of hydrogen-bond acceptors (Lipinski definition) is 28. The molecule has 12 aromatic rings. The Balaban J connectivity index is 0.000000217. The van der Waals surface area contributed by atoms with E-state index in [0.717, 1.165) is 84.2 Å². The van der Waals surface area contributed by atoms with Gasteiger partial charge in [-0.1, -0.05) is 44.9 Å². The van der Waals surface area contributed by atoms with Gasteiger partial charge in [0.25, 0.3) is 63.7 Å². The third-order valence-electron chi connectivity index (χ3n) is 16.7. The molecule has 0 bridgehead atoms. The normalized spacial score (nSPS) is 15.2. The van der Waals surface area contributed by atoms with Crippen LogP contribution in [0.15, 0.2) is 132 Å². The lowest BCUT2D eigenvalue weighted by Crippen LogP contribution is -2.20. The highest BCUT2D eigenvalue weighted by Crippen LogP contribution is 2.36. The van der Waals surface area contributed by atoms with E-state index in [9.17, 15) is 72.0 Å². The fourth-order valence-corrected chi connectivity index (χ4v) is 19.5. The van der Waals surface area contributed by atoms with Gasteiger partial charge in [0.15, 0.2) is 34.4 Å². The largest absolute Gasteiger partial charge is 0.337 e. The number of ketones is 4. The van der Waals surface area contributed by atoms with Crippen molar-refractivity contribution in [2.24, 2.45) is 0 Å². The topological polar surface area (TPSA) is 473 Å². The first-order chi connectivity index (χ1) is 66.8. The van der Waals surface area contributed by atoms with E-state index in [4.69, 9.17) is 54.1 Å². The zero-order chi connectivity index (χ0) is 111. The van der Waals surface area contributed by atoms with Crippen molar-refractivity contribution in [1.29, 1.82) is 0 Å². The van der Waals surface area contributed by atoms with Crippen molar-refractivity contribution in [1.82, 2.24) is 20.6 Å². The van der Waals surface area contributed by atoms with Crippen LogP contribution in [0.4, 0.5) is 46.3 Å². The first-order valence-corrected chi connectivity index (χ1v) is 43.3. The summed E-state index contributed by atoms with van der Waals surface area (Å²) < 4.78 is 330. The van der Waals surface area contributed by atoms with E-state index < -0.39 is 224 Å². The van der Waals surface area contributed by atoms with Gasteiger partial charge in [0.2, 0.25) is 23.5 Å². The van der Waals surface area contributed by atoms with Crippen molar-refractivity contribution in [2.75, 3.05) is 40.1 Å². The lowest BCUT2D eigenvalue weighted by atomic mass is 10.0. The summed E-state index contributed by atoms with van der Waals surface area (Å²) in [6.45, 7) is 2.56. The van der Waals surface area contributed by atoms with Crippen LogP contribution in [0.5, 0.6) is 0 Å². The summed E-state index contributed by atoms with van der Waals surface area (Å²) in [6.07, 6.45) is 0. The van der Waals surface area contributed by atoms with Gasteiger partial charge in [-0.3, -0.25) is 38.4 Å². The zero-order valence-corrected chi connectivity index (χ0v) is 71.6. The van der Waals surface area contributed by atoms with Gasteiger partial charge in [-0.25, -0.2) is 52.5 Å². The summed E-state index contributed by atoms with van der Waals surface area (Å²) in [5.41, 5.74) is -2.44. The van der Waals surface area contributed by atoms with Gasteiger partial charge >= 0.3 is 0 Å². The van der Waals surface area contributed by atoms with Crippen molar-refractivity contribution in [3.63, 3.8) is 0 Å². The van der Waals surface area contributed by atoms with Gasteiger partial charge in [0.05, 0.1) is 45.5 Å². The number of amides is 4. The van der Waals surface area contributed by atoms with Crippen LogP contribution >= 0.6 is 45.3 Å². The highest BCUT2D eigenvalue weighted by molar-refractivity contribution is 7.94. The number of carbonyl (C=O) groups excluding carboxylic acids is 8. The molecule has 40 heteroatoms. The van der Waals surface area contributed by atoms with Crippen LogP contribution in [0.3, 0.4) is 0 Å². The van der Waals surface area contributed by atoms with Crippen LogP contribution in [0, 0.1) is 110 Å². The summed E-state index contributed by atoms with van der Waals surface area (Å²) in [4.78, 5) is 97.9. The summed E-state index contributed by atoms with van der Waals surface area (Å²) in [6, 6.07) is 13.9. The molecule has 4 amide bonds. The Bertz CT molecular complexity index is 7690. The minimum Gasteiger partial charge on any atom is -0.337 e. The predicted molar refractivity (Wildman–Crippen MR) is 460 cm³/mol. The molecule has 0 aliphatic rings. The molecule has 4 aromatic carbocycles. The van der Waals surface area contributed by atoms with E-state index in [-0.39, 0.29) is 91.3 Å². The molecule has 0 saturated carbocycles. The van der Waals surface area contributed by atoms with Crippen molar-refractivity contribution in [2.45, 2.75) is 158 Å². The number of aryl methyl sites for hydroxylation is 12. The molecule has 32 nitrogen and oxygen atoms in total. The molecule has 0 unspecified atom stereocenters. The van der Waals surface area contributed by atoms with Crippen LogP contribution in [-0.4, -0.2) is 101 Å². The quantitative estimate of drug-likeness (QED) is 0.0260. The Labute approximate surface area is 744 Å². The molecule has 0 aliphatic heterocycles. The third kappa shape index (κ3) is 21.0. The predicted octanol–water partition coefficient (Wildman–Crippen LogP) is 16.9. The Morgan fingerprint density at radius 1 is 0.317 bits per heavy atom. The second kappa shape index (κ2) is 37.2. The number of sulfonamides is 4. The second-order valence-electron chi connectivity index (χ2n) is 25.7. The smallest absolute Gasteiger partial charge is 0.267 e. The second-order valence-corrected chi connectivity index (χ2v) is 35.7. The molecule has 0 spiro atoms. The van der Waals surface area contributed by atoms with Crippen LogP contribution < -0.4 is 40.1 Å². The average Bonchev–Trinajstić information content (AvgIpc) is 1.75. The van der Waals surface area contributed by atoms with E-state index in [1.165, 1.54) is 69.8 Å². The number of hydrogen-bond donors (Lipinski definition) is 8. The molecule has 8 aromatic heterocycles. The Kier molecular flexibility index (Phi) is 19.0. The highest BCUT2D eigenvalue weighted by Gasteiger charge is 2.33. The van der Waals surface area contributed by atoms with Crippen LogP contribution in [0.1, 0.15) is 222 Å². The maximum Gasteiger partial charge on any atom is 0.267 e. The molecular formula is C80H84N12O20S8. The van der Waals surface area contributed by atoms with Crippen LogP contribution in [0.25, 0.3) is 0 Å². The first kappa shape index (κ1) is 61.4. The van der Waals surface area contributed by atoms with Crippen molar-refractivity contribution < 1.29 is 126 Å². The Hall–Kier alpha value is -11.9. The van der Waals surface area contributed by atoms with Gasteiger partial charge in [-0.15, -0.1) is 45.3 Å². The average molecular weight is 1820 g/mol. The molecule has 120 heavy (non-hydrogen) atoms. The molecule has 0 radical (unpaired) electrons. The van der Waals surface area contributed by atoms with Gasteiger partial charge in [0, 0.05) is 69.2 Å². The van der Waals surface area contributed by atoms with Crippen molar-refractivity contribution >= 4 is 178 Å².